The highest BCUT2D eigenvalue weighted by molar-refractivity contribution is 7.99. The summed E-state index contributed by atoms with van der Waals surface area (Å²) < 4.78 is 0. The molecule has 17 heavy (non-hydrogen) atoms. The maximum Gasteiger partial charge on any atom is 0.158 e. The second-order valence-corrected chi connectivity index (χ2v) is 5.17. The number of hydrogen-bond acceptors (Lipinski definition) is 4. The van der Waals surface area contributed by atoms with Crippen LogP contribution in [0.1, 0.15) is 5.56 Å². The zero-order valence-corrected chi connectivity index (χ0v) is 11.3. The summed E-state index contributed by atoms with van der Waals surface area (Å²) in [7, 11) is 0. The number of aromatic nitrogens is 2. The predicted octanol–water partition coefficient (Wildman–Crippen LogP) is 3.83. The zero-order chi connectivity index (χ0) is 12.4. The lowest BCUT2D eigenvalue weighted by atomic mass is 10.2. The molecule has 3 nitrogen and oxygen atoms in total. The standard InChI is InChI=1S/C11H9Cl2N3S/c1-6-7(12)3-2-4-8(6)17-11-10(14)16-9(13)5-15-11/h2-5H,1H3,(H2,14,16). The van der Waals surface area contributed by atoms with Crippen LogP contribution in [0.15, 0.2) is 34.3 Å². The van der Waals surface area contributed by atoms with E-state index in [0.717, 1.165) is 15.5 Å². The molecule has 2 N–H and O–H groups in total. The van der Waals surface area contributed by atoms with Gasteiger partial charge in [-0.25, -0.2) is 9.97 Å². The Balaban J connectivity index is 2.35. The van der Waals surface area contributed by atoms with Crippen LogP contribution in [0, 0.1) is 6.92 Å². The third kappa shape index (κ3) is 2.83. The fourth-order valence-electron chi connectivity index (χ4n) is 1.25. The molecule has 6 heteroatoms. The molecule has 1 aromatic carbocycles. The van der Waals surface area contributed by atoms with Crippen LogP contribution < -0.4 is 5.73 Å². The Morgan fingerprint density at radius 3 is 2.76 bits per heavy atom. The quantitative estimate of drug-likeness (QED) is 0.911. The van der Waals surface area contributed by atoms with E-state index in [9.17, 15) is 0 Å². The molecule has 0 radical (unpaired) electrons. The zero-order valence-electron chi connectivity index (χ0n) is 8.95. The van der Waals surface area contributed by atoms with E-state index < -0.39 is 0 Å². The van der Waals surface area contributed by atoms with Crippen LogP contribution in [0.4, 0.5) is 5.82 Å². The number of halogens is 2. The lowest BCUT2D eigenvalue weighted by Gasteiger charge is -2.07. The number of nitrogens with zero attached hydrogens (tertiary/aromatic N) is 2. The minimum Gasteiger partial charge on any atom is -0.381 e. The van der Waals surface area contributed by atoms with Gasteiger partial charge >= 0.3 is 0 Å². The van der Waals surface area contributed by atoms with Gasteiger partial charge in [-0.2, -0.15) is 0 Å². The Labute approximate surface area is 113 Å². The van der Waals surface area contributed by atoms with Gasteiger partial charge in [0, 0.05) is 9.92 Å². The molecule has 0 aliphatic carbocycles. The number of benzene rings is 1. The maximum absolute atomic E-state index is 6.04. The van der Waals surface area contributed by atoms with Crippen LogP contribution in [-0.4, -0.2) is 9.97 Å². The molecule has 2 aromatic rings. The molecule has 0 atom stereocenters. The smallest absolute Gasteiger partial charge is 0.158 e. The van der Waals surface area contributed by atoms with E-state index in [1.807, 2.05) is 25.1 Å². The Morgan fingerprint density at radius 1 is 1.29 bits per heavy atom. The molecule has 0 saturated heterocycles. The third-order valence-electron chi connectivity index (χ3n) is 2.16. The largest absolute Gasteiger partial charge is 0.381 e. The summed E-state index contributed by atoms with van der Waals surface area (Å²) in [6.45, 7) is 1.95. The average Bonchev–Trinajstić information content (AvgIpc) is 2.28. The molecular weight excluding hydrogens is 277 g/mol. The normalized spacial score (nSPS) is 10.5. The Kier molecular flexibility index (Phi) is 3.76. The van der Waals surface area contributed by atoms with E-state index in [-0.39, 0.29) is 5.15 Å². The molecule has 0 unspecified atom stereocenters. The highest BCUT2D eigenvalue weighted by atomic mass is 35.5. The first-order chi connectivity index (χ1) is 8.08. The lowest BCUT2D eigenvalue weighted by Crippen LogP contribution is -1.96. The van der Waals surface area contributed by atoms with Crippen molar-refractivity contribution in [3.63, 3.8) is 0 Å². The fourth-order valence-corrected chi connectivity index (χ4v) is 2.49. The van der Waals surface area contributed by atoms with Crippen molar-refractivity contribution >= 4 is 40.8 Å². The van der Waals surface area contributed by atoms with Gasteiger partial charge in [-0.1, -0.05) is 41.0 Å². The van der Waals surface area contributed by atoms with Gasteiger partial charge in [-0.15, -0.1) is 0 Å². The van der Waals surface area contributed by atoms with Crippen molar-refractivity contribution < 1.29 is 0 Å². The van der Waals surface area contributed by atoms with Crippen molar-refractivity contribution in [1.29, 1.82) is 0 Å². The number of hydrogen-bond donors (Lipinski definition) is 1. The average molecular weight is 286 g/mol. The van der Waals surface area contributed by atoms with E-state index in [2.05, 4.69) is 9.97 Å². The van der Waals surface area contributed by atoms with Gasteiger partial charge in [0.15, 0.2) is 5.82 Å². The van der Waals surface area contributed by atoms with Gasteiger partial charge in [0.25, 0.3) is 0 Å². The van der Waals surface area contributed by atoms with E-state index in [0.29, 0.717) is 10.8 Å². The first kappa shape index (κ1) is 12.5. The van der Waals surface area contributed by atoms with Gasteiger partial charge in [-0.05, 0) is 24.6 Å². The van der Waals surface area contributed by atoms with Crippen molar-refractivity contribution in [3.05, 3.63) is 40.1 Å². The molecule has 1 heterocycles. The third-order valence-corrected chi connectivity index (χ3v) is 3.92. The summed E-state index contributed by atoms with van der Waals surface area (Å²) in [5, 5.41) is 1.63. The summed E-state index contributed by atoms with van der Waals surface area (Å²) in [6, 6.07) is 5.69. The highest BCUT2D eigenvalue weighted by Crippen LogP contribution is 2.34. The summed E-state index contributed by atoms with van der Waals surface area (Å²) in [5.41, 5.74) is 6.74. The van der Waals surface area contributed by atoms with E-state index in [1.165, 1.54) is 18.0 Å². The van der Waals surface area contributed by atoms with Gasteiger partial charge < -0.3 is 5.73 Å². The summed E-state index contributed by atoms with van der Waals surface area (Å²) in [4.78, 5) is 9.09. The fraction of sp³-hybridized carbons (Fsp3) is 0.0909. The number of rotatable bonds is 2. The van der Waals surface area contributed by atoms with Crippen LogP contribution >= 0.6 is 35.0 Å². The van der Waals surface area contributed by atoms with Gasteiger partial charge in [0.05, 0.1) is 6.20 Å². The van der Waals surface area contributed by atoms with Gasteiger partial charge in [0.2, 0.25) is 0 Å². The Bertz CT molecular complexity index is 560. The van der Waals surface area contributed by atoms with Crippen molar-refractivity contribution in [1.82, 2.24) is 9.97 Å². The SMILES string of the molecule is Cc1c(Cl)cccc1Sc1ncc(Cl)nc1N. The monoisotopic (exact) mass is 285 g/mol. The molecule has 0 saturated carbocycles. The minimum atomic E-state index is 0.287. The van der Waals surface area contributed by atoms with Crippen LogP contribution in [0.25, 0.3) is 0 Å². The van der Waals surface area contributed by atoms with Crippen molar-refractivity contribution in [2.45, 2.75) is 16.8 Å². The predicted molar refractivity (Wildman–Crippen MR) is 71.8 cm³/mol. The number of nitrogen functional groups attached to an aromatic ring is 1. The summed E-state index contributed by atoms with van der Waals surface area (Å²) in [6.07, 6.45) is 1.47. The van der Waals surface area contributed by atoms with E-state index >= 15 is 0 Å². The Morgan fingerprint density at radius 2 is 2.06 bits per heavy atom. The highest BCUT2D eigenvalue weighted by Gasteiger charge is 2.09. The number of anilines is 1. The van der Waals surface area contributed by atoms with Crippen molar-refractivity contribution in [2.24, 2.45) is 0 Å². The molecule has 0 amide bonds. The molecule has 2 rings (SSSR count). The molecule has 0 spiro atoms. The van der Waals surface area contributed by atoms with E-state index in [1.54, 1.807) is 0 Å². The molecule has 0 aliphatic heterocycles. The van der Waals surface area contributed by atoms with Gasteiger partial charge in [-0.3, -0.25) is 0 Å². The maximum atomic E-state index is 6.04. The Hall–Kier alpha value is -0.970. The van der Waals surface area contributed by atoms with Crippen LogP contribution in [-0.2, 0) is 0 Å². The lowest BCUT2D eigenvalue weighted by molar-refractivity contribution is 1.07. The summed E-state index contributed by atoms with van der Waals surface area (Å²) in [5.74, 6) is 0.321. The van der Waals surface area contributed by atoms with Crippen LogP contribution in [0.5, 0.6) is 0 Å². The topological polar surface area (TPSA) is 51.8 Å². The van der Waals surface area contributed by atoms with Crippen molar-refractivity contribution in [3.8, 4) is 0 Å². The molecule has 1 aromatic heterocycles. The molecule has 0 bridgehead atoms. The van der Waals surface area contributed by atoms with Crippen LogP contribution in [0.3, 0.4) is 0 Å². The molecule has 0 aliphatic rings. The van der Waals surface area contributed by atoms with E-state index in [4.69, 9.17) is 28.9 Å². The van der Waals surface area contributed by atoms with Gasteiger partial charge in [0.1, 0.15) is 10.2 Å². The second-order valence-electron chi connectivity index (χ2n) is 3.35. The van der Waals surface area contributed by atoms with Crippen LogP contribution in [0.2, 0.25) is 10.2 Å². The first-order valence-electron chi connectivity index (χ1n) is 4.79. The van der Waals surface area contributed by atoms with Crippen molar-refractivity contribution in [2.75, 3.05) is 5.73 Å². The first-order valence-corrected chi connectivity index (χ1v) is 6.36. The molecule has 0 fully saturated rings. The molecular formula is C11H9Cl2N3S. The second kappa shape index (κ2) is 5.12. The minimum absolute atomic E-state index is 0.287. The molecule has 88 valence electrons. The number of nitrogens with two attached hydrogens (primary N) is 1. The summed E-state index contributed by atoms with van der Waals surface area (Å²) >= 11 is 13.2.